The maximum absolute atomic E-state index is 12.0. The normalized spacial score (nSPS) is 17.8. The minimum atomic E-state index is -2.34. The van der Waals surface area contributed by atoms with Crippen molar-refractivity contribution in [1.29, 1.82) is 0 Å². The number of nitrogens with two attached hydrogens (primary N) is 2. The number of nitrogens with zero attached hydrogens (tertiary/aromatic N) is 2. The zero-order valence-corrected chi connectivity index (χ0v) is 13.4. The molecule has 6 N–H and O–H groups in total. The fraction of sp³-hybridized carbons (Fsp3) is 0.800. The number of hydrogen-bond acceptors (Lipinski definition) is 8. The van der Waals surface area contributed by atoms with Gasteiger partial charge in [-0.3, -0.25) is 11.5 Å². The maximum atomic E-state index is 12.0. The lowest BCUT2D eigenvalue weighted by Crippen LogP contribution is -2.58. The van der Waals surface area contributed by atoms with E-state index < -0.39 is 23.3 Å². The van der Waals surface area contributed by atoms with Crippen molar-refractivity contribution >= 4 is 35.5 Å². The Morgan fingerprint density at radius 2 is 1.62 bits per heavy atom. The van der Waals surface area contributed by atoms with Crippen molar-refractivity contribution in [2.75, 3.05) is 24.0 Å². The van der Waals surface area contributed by atoms with Crippen molar-refractivity contribution in [1.82, 2.24) is 0 Å². The Balaban J connectivity index is 5.50. The highest BCUT2D eigenvalue weighted by Gasteiger charge is 2.48. The summed E-state index contributed by atoms with van der Waals surface area (Å²) in [7, 11) is 0. The van der Waals surface area contributed by atoms with Gasteiger partial charge in [-0.05, 0) is 18.3 Å². The number of carboxylic acid groups (broad SMARTS) is 2. The van der Waals surface area contributed by atoms with Crippen LogP contribution >= 0.6 is 23.5 Å². The zero-order chi connectivity index (χ0) is 16.7. The van der Waals surface area contributed by atoms with Crippen LogP contribution in [0.2, 0.25) is 0 Å². The van der Waals surface area contributed by atoms with Crippen molar-refractivity contribution in [2.24, 2.45) is 16.6 Å². The molecule has 11 heteroatoms. The van der Waals surface area contributed by atoms with Crippen molar-refractivity contribution in [3.63, 3.8) is 0 Å². The summed E-state index contributed by atoms with van der Waals surface area (Å²) >= 11 is 2.63. The average Bonchev–Trinajstić information content (AvgIpc) is 2.41. The minimum absolute atomic E-state index is 0.125. The van der Waals surface area contributed by atoms with E-state index in [2.05, 4.69) is 5.11 Å². The lowest BCUT2D eigenvalue weighted by atomic mass is 10.1. The van der Waals surface area contributed by atoms with E-state index in [4.69, 9.17) is 21.7 Å². The first-order valence-corrected chi connectivity index (χ1v) is 8.65. The van der Waals surface area contributed by atoms with Crippen LogP contribution in [0.4, 0.5) is 0 Å². The monoisotopic (exact) mass is 340 g/mol. The summed E-state index contributed by atoms with van der Waals surface area (Å²) in [6, 6.07) is 0. The molecule has 9 nitrogen and oxygen atoms in total. The topological polar surface area (TPSA) is 165 Å². The van der Waals surface area contributed by atoms with E-state index >= 15 is 0 Å². The molecule has 0 aromatic rings. The van der Waals surface area contributed by atoms with Crippen molar-refractivity contribution < 1.29 is 24.7 Å². The van der Waals surface area contributed by atoms with Crippen LogP contribution in [0.5, 0.6) is 0 Å². The Bertz CT molecular complexity index is 422. The van der Waals surface area contributed by atoms with Crippen molar-refractivity contribution in [3.05, 3.63) is 5.21 Å². The highest BCUT2D eigenvalue weighted by Crippen LogP contribution is 2.18. The van der Waals surface area contributed by atoms with Gasteiger partial charge in [0.2, 0.25) is 0 Å². The van der Waals surface area contributed by atoms with Gasteiger partial charge < -0.3 is 15.4 Å². The molecule has 2 unspecified atom stereocenters. The number of aliphatic carboxylic acids is 2. The second-order valence-corrected chi connectivity index (χ2v) is 6.29. The van der Waals surface area contributed by atoms with Gasteiger partial charge in [0.05, 0.1) is 6.42 Å². The van der Waals surface area contributed by atoms with E-state index in [0.717, 1.165) is 0 Å². The zero-order valence-electron chi connectivity index (χ0n) is 11.8. The van der Waals surface area contributed by atoms with Gasteiger partial charge in [0.25, 0.3) is 5.66 Å². The van der Waals surface area contributed by atoms with E-state index in [9.17, 15) is 14.8 Å². The van der Waals surface area contributed by atoms with E-state index in [1.807, 2.05) is 0 Å². The molecule has 0 heterocycles. The first-order chi connectivity index (χ1) is 9.64. The number of rotatable bonds is 10. The van der Waals surface area contributed by atoms with Crippen LogP contribution in [0, 0.1) is 5.21 Å². The predicted molar refractivity (Wildman–Crippen MR) is 81.2 cm³/mol. The lowest BCUT2D eigenvalue weighted by Gasteiger charge is -2.24. The van der Waals surface area contributed by atoms with Crippen LogP contribution in [-0.2, 0) is 9.59 Å². The minimum Gasteiger partial charge on any atom is -0.598 e. The maximum Gasteiger partial charge on any atom is 0.396 e. The van der Waals surface area contributed by atoms with E-state index in [1.54, 1.807) is 12.5 Å². The summed E-state index contributed by atoms with van der Waals surface area (Å²) in [6.45, 7) is 0. The third-order valence-electron chi connectivity index (χ3n) is 2.73. The molecule has 0 spiro atoms. The highest BCUT2D eigenvalue weighted by atomic mass is 32.2. The van der Waals surface area contributed by atoms with Gasteiger partial charge in [0, 0.05) is 17.3 Å². The number of hydrogen-bond donors (Lipinski definition) is 4. The standard InChI is InChI=1S/C10H20N4O5S2/c1-20-5-3-9(11,7(15)16)13-14(19)10(12,8(17)18)4-6-21-2/h3-6,11-12H2,1-2H3,(H,15,16)(H,17,18)/b14-13-. The molecule has 0 saturated heterocycles. The van der Waals surface area contributed by atoms with Gasteiger partial charge in [-0.1, -0.05) is 4.86 Å². The second-order valence-electron chi connectivity index (χ2n) is 4.32. The smallest absolute Gasteiger partial charge is 0.396 e. The van der Waals surface area contributed by atoms with Crippen LogP contribution in [0.1, 0.15) is 12.8 Å². The van der Waals surface area contributed by atoms with Crippen LogP contribution in [0.15, 0.2) is 5.11 Å². The average molecular weight is 340 g/mol. The third-order valence-corrected chi connectivity index (χ3v) is 3.95. The molecule has 0 aliphatic heterocycles. The summed E-state index contributed by atoms with van der Waals surface area (Å²) in [6.07, 6.45) is 3.13. The van der Waals surface area contributed by atoms with E-state index in [1.165, 1.54) is 23.5 Å². The molecule has 0 aromatic heterocycles. The molecule has 0 saturated carbocycles. The van der Waals surface area contributed by atoms with Crippen LogP contribution in [-0.4, -0.2) is 62.4 Å². The first kappa shape index (κ1) is 20.0. The third kappa shape index (κ3) is 5.34. The number of thioether (sulfide) groups is 2. The number of azo groups is 1. The second kappa shape index (κ2) is 8.41. The molecular formula is C10H20N4O5S2. The van der Waals surface area contributed by atoms with E-state index in [-0.39, 0.29) is 17.7 Å². The molecule has 0 fully saturated rings. The molecule has 0 bridgehead atoms. The van der Waals surface area contributed by atoms with Crippen LogP contribution in [0.25, 0.3) is 0 Å². The Kier molecular flexibility index (Phi) is 8.00. The summed E-state index contributed by atoms with van der Waals surface area (Å²) < 4.78 is 0. The van der Waals surface area contributed by atoms with Crippen molar-refractivity contribution in [2.45, 2.75) is 24.2 Å². The van der Waals surface area contributed by atoms with E-state index in [0.29, 0.717) is 11.5 Å². The molecule has 0 amide bonds. The first-order valence-electron chi connectivity index (χ1n) is 5.86. The molecule has 0 radical (unpaired) electrons. The summed E-state index contributed by atoms with van der Waals surface area (Å²) in [5.41, 5.74) is 6.59. The molecule has 2 atom stereocenters. The molecule has 0 aliphatic rings. The fourth-order valence-corrected chi connectivity index (χ4v) is 2.28. The predicted octanol–water partition coefficient (Wildman–Crippen LogP) is -0.0657. The van der Waals surface area contributed by atoms with Gasteiger partial charge >= 0.3 is 17.6 Å². The molecule has 0 aliphatic carbocycles. The number of carboxylic acids is 2. The Morgan fingerprint density at radius 3 is 2.00 bits per heavy atom. The van der Waals surface area contributed by atoms with Crippen LogP contribution < -0.4 is 11.5 Å². The van der Waals surface area contributed by atoms with Gasteiger partial charge in [0.15, 0.2) is 0 Å². The SMILES string of the molecule is CSCCC(N)(/N=[N+](\[O-])C(N)(CCSC)C(=O)O)C(=O)O. The van der Waals surface area contributed by atoms with Gasteiger partial charge in [0.1, 0.15) is 0 Å². The molecule has 0 aromatic carbocycles. The summed E-state index contributed by atoms with van der Waals surface area (Å²) in [4.78, 5) is 22.1. The van der Waals surface area contributed by atoms with Gasteiger partial charge in [-0.2, -0.15) is 23.5 Å². The van der Waals surface area contributed by atoms with Gasteiger partial charge in [-0.25, -0.2) is 9.59 Å². The molecule has 122 valence electrons. The number of carbonyl (C=O) groups is 2. The molecular weight excluding hydrogens is 320 g/mol. The fourth-order valence-electron chi connectivity index (χ4n) is 1.25. The molecule has 0 rings (SSSR count). The summed E-state index contributed by atoms with van der Waals surface area (Å²) in [5, 5.41) is 33.5. The molecule has 21 heavy (non-hydrogen) atoms. The summed E-state index contributed by atoms with van der Waals surface area (Å²) in [5.74, 6) is -2.47. The number of hydroxylamine groups is 1. The largest absolute Gasteiger partial charge is 0.598 e. The quantitative estimate of drug-likeness (QED) is 0.184. The van der Waals surface area contributed by atoms with Crippen LogP contribution in [0.3, 0.4) is 0 Å². The Labute approximate surface area is 130 Å². The Morgan fingerprint density at radius 1 is 1.14 bits per heavy atom. The highest BCUT2D eigenvalue weighted by molar-refractivity contribution is 7.98. The lowest BCUT2D eigenvalue weighted by molar-refractivity contribution is -0.602. The van der Waals surface area contributed by atoms with Gasteiger partial charge in [-0.15, -0.1) is 0 Å². The van der Waals surface area contributed by atoms with Crippen molar-refractivity contribution in [3.8, 4) is 0 Å². The Hall–Kier alpha value is -1.04.